The Morgan fingerprint density at radius 1 is 1.00 bits per heavy atom. The van der Waals surface area contributed by atoms with E-state index in [1.54, 1.807) is 0 Å². The van der Waals surface area contributed by atoms with Crippen molar-refractivity contribution in [1.82, 2.24) is 5.32 Å². The molecule has 0 saturated carbocycles. The van der Waals surface area contributed by atoms with Crippen LogP contribution >= 0.6 is 0 Å². The highest BCUT2D eigenvalue weighted by Crippen LogP contribution is 2.32. The third-order valence-corrected chi connectivity index (χ3v) is 4.11. The maximum Gasteiger partial charge on any atom is 0.129 e. The first-order valence-corrected chi connectivity index (χ1v) is 7.41. The molecule has 0 atom stereocenters. The van der Waals surface area contributed by atoms with Gasteiger partial charge < -0.3 is 5.32 Å². The summed E-state index contributed by atoms with van der Waals surface area (Å²) in [6.45, 7) is 11.3. The molecule has 0 amide bonds. The molecular formula is C17H27F2N. The minimum absolute atomic E-state index is 0.00334. The first-order valence-electron chi connectivity index (χ1n) is 7.41. The fraction of sp³-hybridized carbons (Fsp3) is 0.647. The van der Waals surface area contributed by atoms with Crippen LogP contribution < -0.4 is 5.32 Å². The molecule has 1 aromatic carbocycles. The Morgan fingerprint density at radius 2 is 1.50 bits per heavy atom. The van der Waals surface area contributed by atoms with Crippen molar-refractivity contribution in [1.29, 1.82) is 0 Å². The average molecular weight is 283 g/mol. The largest absolute Gasteiger partial charge is 0.312 e. The van der Waals surface area contributed by atoms with Crippen molar-refractivity contribution < 1.29 is 8.78 Å². The smallest absolute Gasteiger partial charge is 0.129 e. The molecule has 0 aliphatic heterocycles. The van der Waals surface area contributed by atoms with Crippen LogP contribution in [0.1, 0.15) is 53.0 Å². The van der Waals surface area contributed by atoms with E-state index < -0.39 is 11.6 Å². The molecule has 0 fully saturated rings. The van der Waals surface area contributed by atoms with Crippen LogP contribution in [0.5, 0.6) is 0 Å². The Balaban J connectivity index is 2.96. The Bertz CT molecular complexity index is 411. The zero-order chi connectivity index (χ0) is 15.4. The molecule has 0 heterocycles. The summed E-state index contributed by atoms with van der Waals surface area (Å²) in [7, 11) is 0. The normalized spacial score (nSPS) is 12.8. The molecule has 3 heteroatoms. The van der Waals surface area contributed by atoms with Crippen LogP contribution in [0.25, 0.3) is 0 Å². The first kappa shape index (κ1) is 17.1. The molecule has 0 saturated heterocycles. The first-order chi connectivity index (χ1) is 9.23. The van der Waals surface area contributed by atoms with Gasteiger partial charge in [0.05, 0.1) is 0 Å². The van der Waals surface area contributed by atoms with E-state index in [1.807, 2.05) is 0 Å². The summed E-state index contributed by atoms with van der Waals surface area (Å²) in [5.74, 6) is -0.876. The second kappa shape index (κ2) is 6.66. The highest BCUT2D eigenvalue weighted by atomic mass is 19.1. The van der Waals surface area contributed by atoms with Crippen molar-refractivity contribution >= 4 is 0 Å². The lowest BCUT2D eigenvalue weighted by Crippen LogP contribution is -2.44. The van der Waals surface area contributed by atoms with Crippen LogP contribution in [0.3, 0.4) is 0 Å². The van der Waals surface area contributed by atoms with E-state index in [-0.39, 0.29) is 16.5 Å². The number of benzene rings is 1. The van der Waals surface area contributed by atoms with Gasteiger partial charge in [-0.2, -0.15) is 0 Å². The number of hydrogen-bond donors (Lipinski definition) is 1. The maximum atomic E-state index is 13.9. The standard InChI is InChI=1S/C17H27F2N/c1-6-17(7-2,12-20-16(3,4)5)11-13-14(18)9-8-10-15(13)19/h8-10,20H,6-7,11-12H2,1-5H3. The van der Waals surface area contributed by atoms with Gasteiger partial charge in [-0.3, -0.25) is 0 Å². The molecule has 0 unspecified atom stereocenters. The average Bonchev–Trinajstić information content (AvgIpc) is 2.37. The maximum absolute atomic E-state index is 13.9. The third-order valence-electron chi connectivity index (χ3n) is 4.11. The summed E-state index contributed by atoms with van der Waals surface area (Å²) in [4.78, 5) is 0. The van der Waals surface area contributed by atoms with E-state index in [1.165, 1.54) is 18.2 Å². The molecule has 0 radical (unpaired) electrons. The summed E-state index contributed by atoms with van der Waals surface area (Å²) >= 11 is 0. The second-order valence-electron chi connectivity index (χ2n) is 6.69. The summed E-state index contributed by atoms with van der Waals surface area (Å²) in [6, 6.07) is 4.10. The van der Waals surface area contributed by atoms with E-state index in [0.29, 0.717) is 6.42 Å². The van der Waals surface area contributed by atoms with Gasteiger partial charge in [-0.05, 0) is 57.6 Å². The van der Waals surface area contributed by atoms with Crippen LogP contribution in [-0.4, -0.2) is 12.1 Å². The van der Waals surface area contributed by atoms with Crippen molar-refractivity contribution in [2.24, 2.45) is 5.41 Å². The minimum atomic E-state index is -0.438. The number of hydrogen-bond acceptors (Lipinski definition) is 1. The molecule has 20 heavy (non-hydrogen) atoms. The van der Waals surface area contributed by atoms with Gasteiger partial charge in [0.1, 0.15) is 11.6 Å². The SMILES string of the molecule is CCC(CC)(CNC(C)(C)C)Cc1c(F)cccc1F. The van der Waals surface area contributed by atoms with Crippen molar-refractivity contribution in [2.75, 3.05) is 6.54 Å². The monoisotopic (exact) mass is 283 g/mol. The molecule has 0 spiro atoms. The molecular weight excluding hydrogens is 256 g/mol. The second-order valence-corrected chi connectivity index (χ2v) is 6.69. The van der Waals surface area contributed by atoms with E-state index in [9.17, 15) is 8.78 Å². The van der Waals surface area contributed by atoms with Crippen molar-refractivity contribution in [3.05, 3.63) is 35.4 Å². The zero-order valence-electron chi connectivity index (χ0n) is 13.3. The van der Waals surface area contributed by atoms with Gasteiger partial charge in [-0.25, -0.2) is 8.78 Å². The van der Waals surface area contributed by atoms with E-state index >= 15 is 0 Å². The molecule has 1 rings (SSSR count). The summed E-state index contributed by atoms with van der Waals surface area (Å²) < 4.78 is 27.7. The van der Waals surface area contributed by atoms with Gasteiger partial charge >= 0.3 is 0 Å². The number of nitrogens with one attached hydrogen (secondary N) is 1. The van der Waals surface area contributed by atoms with Gasteiger partial charge in [0.2, 0.25) is 0 Å². The van der Waals surface area contributed by atoms with Gasteiger partial charge in [0, 0.05) is 17.6 Å². The fourth-order valence-corrected chi connectivity index (χ4v) is 2.34. The van der Waals surface area contributed by atoms with Crippen molar-refractivity contribution in [2.45, 2.75) is 59.4 Å². The molecule has 0 bridgehead atoms. The molecule has 0 aliphatic carbocycles. The molecule has 1 nitrogen and oxygen atoms in total. The van der Waals surface area contributed by atoms with Crippen LogP contribution in [0, 0.1) is 17.0 Å². The lowest BCUT2D eigenvalue weighted by molar-refractivity contribution is 0.216. The van der Waals surface area contributed by atoms with Crippen LogP contribution in [0.4, 0.5) is 8.78 Å². The lowest BCUT2D eigenvalue weighted by Gasteiger charge is -2.36. The Kier molecular flexibility index (Phi) is 5.69. The quantitative estimate of drug-likeness (QED) is 0.798. The molecule has 0 aromatic heterocycles. The Hall–Kier alpha value is -0.960. The van der Waals surface area contributed by atoms with E-state index in [0.717, 1.165) is 19.4 Å². The molecule has 1 N–H and O–H groups in total. The predicted octanol–water partition coefficient (Wildman–Crippen LogP) is 4.70. The van der Waals surface area contributed by atoms with Gasteiger partial charge in [0.25, 0.3) is 0 Å². The molecule has 1 aromatic rings. The third kappa shape index (κ3) is 4.55. The van der Waals surface area contributed by atoms with Crippen LogP contribution in [0.2, 0.25) is 0 Å². The van der Waals surface area contributed by atoms with E-state index in [4.69, 9.17) is 0 Å². The predicted molar refractivity (Wildman–Crippen MR) is 80.8 cm³/mol. The molecule has 114 valence electrons. The summed E-state index contributed by atoms with van der Waals surface area (Å²) in [5, 5.41) is 3.48. The van der Waals surface area contributed by atoms with Crippen LogP contribution in [-0.2, 0) is 6.42 Å². The highest BCUT2D eigenvalue weighted by Gasteiger charge is 2.30. The number of rotatable bonds is 6. The number of halogens is 2. The lowest BCUT2D eigenvalue weighted by atomic mass is 9.76. The highest BCUT2D eigenvalue weighted by molar-refractivity contribution is 5.21. The Morgan fingerprint density at radius 3 is 1.90 bits per heavy atom. The van der Waals surface area contributed by atoms with E-state index in [2.05, 4.69) is 39.9 Å². The summed E-state index contributed by atoms with van der Waals surface area (Å²) in [5.41, 5.74) is 0.103. The van der Waals surface area contributed by atoms with Gasteiger partial charge in [-0.15, -0.1) is 0 Å². The summed E-state index contributed by atoms with van der Waals surface area (Å²) in [6.07, 6.45) is 2.21. The van der Waals surface area contributed by atoms with Gasteiger partial charge in [0.15, 0.2) is 0 Å². The van der Waals surface area contributed by atoms with Crippen molar-refractivity contribution in [3.63, 3.8) is 0 Å². The van der Waals surface area contributed by atoms with Crippen LogP contribution in [0.15, 0.2) is 18.2 Å². The van der Waals surface area contributed by atoms with Crippen molar-refractivity contribution in [3.8, 4) is 0 Å². The Labute approximate surface area is 121 Å². The zero-order valence-corrected chi connectivity index (χ0v) is 13.3. The fourth-order valence-electron chi connectivity index (χ4n) is 2.34. The molecule has 0 aliphatic rings. The topological polar surface area (TPSA) is 12.0 Å². The van der Waals surface area contributed by atoms with Gasteiger partial charge in [-0.1, -0.05) is 19.9 Å². The minimum Gasteiger partial charge on any atom is -0.312 e.